The SMILES string of the molecule is Clc1ccc(Nc2nccc(NCc3ccco3)n2)c(Cl)c1. The Kier molecular flexibility index (Phi) is 4.46. The van der Waals surface area contributed by atoms with E-state index >= 15 is 0 Å². The highest BCUT2D eigenvalue weighted by molar-refractivity contribution is 6.36. The molecule has 0 amide bonds. The van der Waals surface area contributed by atoms with E-state index in [2.05, 4.69) is 20.6 Å². The zero-order chi connectivity index (χ0) is 15.4. The van der Waals surface area contributed by atoms with Crippen molar-refractivity contribution in [3.05, 3.63) is 64.7 Å². The van der Waals surface area contributed by atoms with Gasteiger partial charge in [0.2, 0.25) is 5.95 Å². The summed E-state index contributed by atoms with van der Waals surface area (Å²) in [7, 11) is 0. The van der Waals surface area contributed by atoms with Crippen LogP contribution >= 0.6 is 23.2 Å². The fraction of sp³-hybridized carbons (Fsp3) is 0.0667. The Balaban J connectivity index is 1.70. The van der Waals surface area contributed by atoms with Gasteiger partial charge in [0.25, 0.3) is 0 Å². The third-order valence-electron chi connectivity index (χ3n) is 2.86. The maximum Gasteiger partial charge on any atom is 0.229 e. The molecule has 0 bridgehead atoms. The molecule has 0 atom stereocenters. The number of hydrogen-bond donors (Lipinski definition) is 2. The molecule has 0 aliphatic heterocycles. The molecule has 0 aliphatic carbocycles. The first-order chi connectivity index (χ1) is 10.7. The summed E-state index contributed by atoms with van der Waals surface area (Å²) in [4.78, 5) is 8.53. The molecule has 3 aromatic rings. The Morgan fingerprint density at radius 3 is 2.82 bits per heavy atom. The summed E-state index contributed by atoms with van der Waals surface area (Å²) in [5, 5.41) is 7.29. The number of hydrogen-bond acceptors (Lipinski definition) is 5. The maximum atomic E-state index is 6.12. The molecule has 0 spiro atoms. The van der Waals surface area contributed by atoms with Crippen LogP contribution < -0.4 is 10.6 Å². The van der Waals surface area contributed by atoms with Gasteiger partial charge in [0.1, 0.15) is 11.6 Å². The summed E-state index contributed by atoms with van der Waals surface area (Å²) in [5.74, 6) is 1.95. The zero-order valence-electron chi connectivity index (χ0n) is 11.4. The summed E-state index contributed by atoms with van der Waals surface area (Å²) in [6.07, 6.45) is 3.29. The van der Waals surface area contributed by atoms with Gasteiger partial charge in [-0.2, -0.15) is 4.98 Å². The monoisotopic (exact) mass is 334 g/mol. The van der Waals surface area contributed by atoms with E-state index in [0.717, 1.165) is 5.76 Å². The fourth-order valence-electron chi connectivity index (χ4n) is 1.82. The molecule has 7 heteroatoms. The molecule has 0 radical (unpaired) electrons. The fourth-order valence-corrected chi connectivity index (χ4v) is 2.28. The third-order valence-corrected chi connectivity index (χ3v) is 3.40. The molecular formula is C15H12Cl2N4O. The van der Waals surface area contributed by atoms with Gasteiger partial charge < -0.3 is 15.1 Å². The van der Waals surface area contributed by atoms with Gasteiger partial charge in [-0.1, -0.05) is 23.2 Å². The van der Waals surface area contributed by atoms with Crippen LogP contribution in [0.15, 0.2) is 53.3 Å². The van der Waals surface area contributed by atoms with Crippen molar-refractivity contribution >= 4 is 40.7 Å². The lowest BCUT2D eigenvalue weighted by molar-refractivity contribution is 0.518. The molecule has 0 aliphatic rings. The van der Waals surface area contributed by atoms with Crippen molar-refractivity contribution in [1.29, 1.82) is 0 Å². The average Bonchev–Trinajstić information content (AvgIpc) is 3.02. The Morgan fingerprint density at radius 1 is 1.14 bits per heavy atom. The van der Waals surface area contributed by atoms with E-state index in [4.69, 9.17) is 27.6 Å². The number of anilines is 3. The van der Waals surface area contributed by atoms with E-state index in [-0.39, 0.29) is 0 Å². The van der Waals surface area contributed by atoms with Crippen LogP contribution in [0.4, 0.5) is 17.5 Å². The lowest BCUT2D eigenvalue weighted by Crippen LogP contribution is -2.03. The summed E-state index contributed by atoms with van der Waals surface area (Å²) in [6.45, 7) is 0.547. The number of aromatic nitrogens is 2. The molecule has 0 saturated carbocycles. The van der Waals surface area contributed by atoms with Crippen LogP contribution in [0.3, 0.4) is 0 Å². The van der Waals surface area contributed by atoms with Crippen molar-refractivity contribution in [3.63, 3.8) is 0 Å². The lowest BCUT2D eigenvalue weighted by Gasteiger charge is -2.09. The Labute approximate surface area is 137 Å². The van der Waals surface area contributed by atoms with Crippen molar-refractivity contribution < 1.29 is 4.42 Å². The van der Waals surface area contributed by atoms with E-state index in [1.807, 2.05) is 12.1 Å². The van der Waals surface area contributed by atoms with Crippen molar-refractivity contribution in [2.24, 2.45) is 0 Å². The van der Waals surface area contributed by atoms with Gasteiger partial charge in [0.05, 0.1) is 23.5 Å². The lowest BCUT2D eigenvalue weighted by atomic mass is 10.3. The first-order valence-electron chi connectivity index (χ1n) is 6.52. The largest absolute Gasteiger partial charge is 0.467 e. The number of nitrogens with one attached hydrogen (secondary N) is 2. The van der Waals surface area contributed by atoms with E-state index in [9.17, 15) is 0 Å². The molecule has 3 rings (SSSR count). The van der Waals surface area contributed by atoms with Crippen LogP contribution in [0, 0.1) is 0 Å². The van der Waals surface area contributed by atoms with Crippen LogP contribution in [0.5, 0.6) is 0 Å². The molecule has 22 heavy (non-hydrogen) atoms. The number of rotatable bonds is 5. The normalized spacial score (nSPS) is 10.5. The van der Waals surface area contributed by atoms with Gasteiger partial charge in [0, 0.05) is 11.2 Å². The molecule has 0 saturated heterocycles. The summed E-state index contributed by atoms with van der Waals surface area (Å²) in [6, 6.07) is 10.7. The molecule has 5 nitrogen and oxygen atoms in total. The molecule has 0 unspecified atom stereocenters. The minimum Gasteiger partial charge on any atom is -0.467 e. The number of furan rings is 1. The number of nitrogens with zero attached hydrogens (tertiary/aromatic N) is 2. The molecule has 2 N–H and O–H groups in total. The van der Waals surface area contributed by atoms with E-state index in [0.29, 0.717) is 34.0 Å². The Morgan fingerprint density at radius 2 is 2.05 bits per heavy atom. The first-order valence-corrected chi connectivity index (χ1v) is 7.28. The predicted molar refractivity (Wildman–Crippen MR) is 87.8 cm³/mol. The van der Waals surface area contributed by atoms with Gasteiger partial charge in [-0.05, 0) is 36.4 Å². The summed E-state index contributed by atoms with van der Waals surface area (Å²) >= 11 is 12.0. The Bertz CT molecular complexity index is 762. The second-order valence-corrected chi connectivity index (χ2v) is 5.29. The highest BCUT2D eigenvalue weighted by atomic mass is 35.5. The second kappa shape index (κ2) is 6.68. The Hall–Kier alpha value is -2.24. The highest BCUT2D eigenvalue weighted by Gasteiger charge is 2.05. The number of halogens is 2. The van der Waals surface area contributed by atoms with Crippen molar-refractivity contribution in [2.45, 2.75) is 6.54 Å². The minimum atomic E-state index is 0.439. The molecule has 2 heterocycles. The molecule has 1 aromatic carbocycles. The van der Waals surface area contributed by atoms with Gasteiger partial charge in [-0.25, -0.2) is 4.98 Å². The summed E-state index contributed by atoms with van der Waals surface area (Å²) < 4.78 is 5.26. The van der Waals surface area contributed by atoms with Gasteiger partial charge in [0.15, 0.2) is 0 Å². The molecule has 112 valence electrons. The van der Waals surface area contributed by atoms with Gasteiger partial charge in [-0.15, -0.1) is 0 Å². The average molecular weight is 335 g/mol. The predicted octanol–water partition coefficient (Wildman–Crippen LogP) is 4.73. The van der Waals surface area contributed by atoms with E-state index < -0.39 is 0 Å². The summed E-state index contributed by atoms with van der Waals surface area (Å²) in [5.41, 5.74) is 0.689. The minimum absolute atomic E-state index is 0.439. The number of benzene rings is 1. The molecule has 2 aromatic heterocycles. The van der Waals surface area contributed by atoms with Crippen molar-refractivity contribution in [1.82, 2.24) is 9.97 Å². The topological polar surface area (TPSA) is 63.0 Å². The van der Waals surface area contributed by atoms with Crippen LogP contribution in [-0.4, -0.2) is 9.97 Å². The second-order valence-electron chi connectivity index (χ2n) is 4.45. The molecular weight excluding hydrogens is 323 g/mol. The smallest absolute Gasteiger partial charge is 0.229 e. The van der Waals surface area contributed by atoms with Gasteiger partial charge >= 0.3 is 0 Å². The maximum absolute atomic E-state index is 6.12. The zero-order valence-corrected chi connectivity index (χ0v) is 12.9. The van der Waals surface area contributed by atoms with E-state index in [1.165, 1.54) is 0 Å². The molecule has 0 fully saturated rings. The third kappa shape index (κ3) is 3.69. The van der Waals surface area contributed by atoms with Crippen molar-refractivity contribution in [2.75, 3.05) is 10.6 Å². The highest BCUT2D eigenvalue weighted by Crippen LogP contribution is 2.27. The quantitative estimate of drug-likeness (QED) is 0.706. The van der Waals surface area contributed by atoms with Crippen molar-refractivity contribution in [3.8, 4) is 0 Å². The van der Waals surface area contributed by atoms with Crippen LogP contribution in [-0.2, 0) is 6.54 Å². The van der Waals surface area contributed by atoms with E-state index in [1.54, 1.807) is 36.7 Å². The van der Waals surface area contributed by atoms with Gasteiger partial charge in [-0.3, -0.25) is 0 Å². The van der Waals surface area contributed by atoms with Crippen LogP contribution in [0.2, 0.25) is 10.0 Å². The van der Waals surface area contributed by atoms with Crippen LogP contribution in [0.1, 0.15) is 5.76 Å². The van der Waals surface area contributed by atoms with Crippen LogP contribution in [0.25, 0.3) is 0 Å². The first kappa shape index (κ1) is 14.7. The standard InChI is InChI=1S/C15H12Cl2N4O/c16-10-3-4-13(12(17)8-10)20-15-18-6-5-14(21-15)19-9-11-2-1-7-22-11/h1-8H,9H2,(H2,18,19,20,21).